The summed E-state index contributed by atoms with van der Waals surface area (Å²) in [5.41, 5.74) is 5.05. The predicted molar refractivity (Wildman–Crippen MR) is 103 cm³/mol. The first-order valence-corrected chi connectivity index (χ1v) is 8.55. The summed E-state index contributed by atoms with van der Waals surface area (Å²) >= 11 is 0. The number of benzene rings is 2. The third-order valence-electron chi connectivity index (χ3n) is 3.98. The van der Waals surface area contributed by atoms with E-state index in [-0.39, 0.29) is 5.91 Å². The molecular weight excluding hydrogens is 324 g/mol. The number of aromatic nitrogens is 2. The Morgan fingerprint density at radius 1 is 0.885 bits per heavy atom. The van der Waals surface area contributed by atoms with Crippen LogP contribution in [0.3, 0.4) is 0 Å². The molecule has 0 unspecified atom stereocenters. The monoisotopic (exact) mass is 346 g/mol. The van der Waals surface area contributed by atoms with Gasteiger partial charge in [0, 0.05) is 25.5 Å². The maximum absolute atomic E-state index is 12.2. The number of rotatable bonds is 6. The highest BCUT2D eigenvalue weighted by Crippen LogP contribution is 2.08. The summed E-state index contributed by atoms with van der Waals surface area (Å²) < 4.78 is 0. The van der Waals surface area contributed by atoms with Gasteiger partial charge in [-0.1, -0.05) is 59.7 Å². The Morgan fingerprint density at radius 2 is 1.46 bits per heavy atom. The Bertz CT molecular complexity index is 891. The van der Waals surface area contributed by atoms with Crippen molar-refractivity contribution in [2.24, 2.45) is 0 Å². The van der Waals surface area contributed by atoms with Crippen molar-refractivity contribution in [3.05, 3.63) is 88.7 Å². The molecule has 1 aromatic heterocycles. The minimum absolute atomic E-state index is 0.184. The molecule has 0 atom stereocenters. The molecule has 0 aliphatic carbocycles. The maximum atomic E-state index is 12.2. The maximum Gasteiger partial charge on any atom is 0.254 e. The first-order chi connectivity index (χ1) is 12.6. The number of nitrogens with zero attached hydrogens (tertiary/aromatic N) is 2. The topological polar surface area (TPSA) is 66.9 Å². The van der Waals surface area contributed by atoms with Gasteiger partial charge in [0.05, 0.1) is 5.56 Å². The van der Waals surface area contributed by atoms with E-state index < -0.39 is 0 Å². The Hall–Kier alpha value is -3.21. The molecule has 0 fully saturated rings. The van der Waals surface area contributed by atoms with Crippen molar-refractivity contribution >= 4 is 11.9 Å². The van der Waals surface area contributed by atoms with E-state index in [4.69, 9.17) is 0 Å². The molecule has 0 bridgehead atoms. The third kappa shape index (κ3) is 4.89. The normalized spacial score (nSPS) is 10.4. The average Bonchev–Trinajstić information content (AvgIpc) is 2.65. The lowest BCUT2D eigenvalue weighted by atomic mass is 10.1. The Kier molecular flexibility index (Phi) is 5.59. The van der Waals surface area contributed by atoms with E-state index in [0.29, 0.717) is 24.6 Å². The Balaban J connectivity index is 1.54. The number of anilines is 1. The molecule has 0 aliphatic heterocycles. The summed E-state index contributed by atoms with van der Waals surface area (Å²) in [5, 5.41) is 6.05. The molecule has 0 saturated heterocycles. The summed E-state index contributed by atoms with van der Waals surface area (Å²) in [6, 6.07) is 16.3. The van der Waals surface area contributed by atoms with Gasteiger partial charge in [-0.05, 0) is 25.0 Å². The lowest BCUT2D eigenvalue weighted by molar-refractivity contribution is 0.0950. The quantitative estimate of drug-likeness (QED) is 0.715. The van der Waals surface area contributed by atoms with Crippen LogP contribution in [-0.2, 0) is 13.1 Å². The molecular formula is C21H22N4O. The SMILES string of the molecule is Cc1cccc(CNC(=O)c2cnc(NCc3cccc(C)c3)nc2)c1. The lowest BCUT2D eigenvalue weighted by Crippen LogP contribution is -2.23. The minimum Gasteiger partial charge on any atom is -0.350 e. The third-order valence-corrected chi connectivity index (χ3v) is 3.98. The van der Waals surface area contributed by atoms with Gasteiger partial charge in [0.15, 0.2) is 0 Å². The second-order valence-electron chi connectivity index (χ2n) is 6.31. The highest BCUT2D eigenvalue weighted by atomic mass is 16.1. The molecule has 0 radical (unpaired) electrons. The zero-order valence-corrected chi connectivity index (χ0v) is 15.0. The van der Waals surface area contributed by atoms with Crippen molar-refractivity contribution in [2.45, 2.75) is 26.9 Å². The zero-order valence-electron chi connectivity index (χ0n) is 15.0. The average molecular weight is 346 g/mol. The molecule has 3 rings (SSSR count). The fourth-order valence-corrected chi connectivity index (χ4v) is 2.65. The molecule has 5 heteroatoms. The minimum atomic E-state index is -0.184. The van der Waals surface area contributed by atoms with Crippen LogP contribution in [0.1, 0.15) is 32.6 Å². The van der Waals surface area contributed by atoms with Crippen LogP contribution in [0.15, 0.2) is 60.9 Å². The van der Waals surface area contributed by atoms with Gasteiger partial charge in [-0.25, -0.2) is 9.97 Å². The number of aryl methyl sites for hydroxylation is 2. The van der Waals surface area contributed by atoms with Crippen molar-refractivity contribution in [3.63, 3.8) is 0 Å². The number of hydrogen-bond donors (Lipinski definition) is 2. The van der Waals surface area contributed by atoms with Gasteiger partial charge in [0.25, 0.3) is 5.91 Å². The number of carbonyl (C=O) groups is 1. The number of carbonyl (C=O) groups excluding carboxylic acids is 1. The van der Waals surface area contributed by atoms with Crippen molar-refractivity contribution in [2.75, 3.05) is 5.32 Å². The number of amides is 1. The summed E-state index contributed by atoms with van der Waals surface area (Å²) in [5.74, 6) is 0.318. The van der Waals surface area contributed by atoms with Crippen molar-refractivity contribution in [1.29, 1.82) is 0 Å². The van der Waals surface area contributed by atoms with Crippen molar-refractivity contribution < 1.29 is 4.79 Å². The molecule has 0 saturated carbocycles. The second-order valence-corrected chi connectivity index (χ2v) is 6.31. The molecule has 132 valence electrons. The van der Waals surface area contributed by atoms with Crippen LogP contribution < -0.4 is 10.6 Å². The van der Waals surface area contributed by atoms with Gasteiger partial charge in [-0.15, -0.1) is 0 Å². The number of nitrogens with one attached hydrogen (secondary N) is 2. The fourth-order valence-electron chi connectivity index (χ4n) is 2.65. The van der Waals surface area contributed by atoms with Crippen LogP contribution >= 0.6 is 0 Å². The van der Waals surface area contributed by atoms with E-state index in [1.165, 1.54) is 23.5 Å². The van der Waals surface area contributed by atoms with Gasteiger partial charge in [-0.3, -0.25) is 4.79 Å². The van der Waals surface area contributed by atoms with E-state index in [1.807, 2.05) is 37.3 Å². The van der Waals surface area contributed by atoms with Gasteiger partial charge < -0.3 is 10.6 Å². The molecule has 26 heavy (non-hydrogen) atoms. The van der Waals surface area contributed by atoms with Crippen LogP contribution in [0.25, 0.3) is 0 Å². The molecule has 3 aromatic rings. The first-order valence-electron chi connectivity index (χ1n) is 8.55. The van der Waals surface area contributed by atoms with Crippen LogP contribution in [0.4, 0.5) is 5.95 Å². The van der Waals surface area contributed by atoms with E-state index in [2.05, 4.69) is 45.7 Å². The zero-order chi connectivity index (χ0) is 18.4. The van der Waals surface area contributed by atoms with Gasteiger partial charge >= 0.3 is 0 Å². The largest absolute Gasteiger partial charge is 0.350 e. The standard InChI is InChI=1S/C21H22N4O/c1-15-5-3-7-17(9-15)11-22-20(26)19-13-24-21(25-14-19)23-12-18-8-4-6-16(2)10-18/h3-10,13-14H,11-12H2,1-2H3,(H,22,26)(H,23,24,25). The molecule has 0 spiro atoms. The molecule has 1 heterocycles. The summed E-state index contributed by atoms with van der Waals surface area (Å²) in [6.07, 6.45) is 3.08. The Labute approximate surface area is 153 Å². The smallest absolute Gasteiger partial charge is 0.254 e. The molecule has 1 amide bonds. The van der Waals surface area contributed by atoms with Gasteiger partial charge in [0.2, 0.25) is 5.95 Å². The summed E-state index contributed by atoms with van der Waals surface area (Å²) in [7, 11) is 0. The van der Waals surface area contributed by atoms with E-state index in [0.717, 1.165) is 11.1 Å². The highest BCUT2D eigenvalue weighted by Gasteiger charge is 2.07. The first kappa shape index (κ1) is 17.6. The van der Waals surface area contributed by atoms with Gasteiger partial charge in [-0.2, -0.15) is 0 Å². The summed E-state index contributed by atoms with van der Waals surface area (Å²) in [6.45, 7) is 5.21. The van der Waals surface area contributed by atoms with E-state index in [1.54, 1.807) is 0 Å². The molecule has 5 nitrogen and oxygen atoms in total. The highest BCUT2D eigenvalue weighted by molar-refractivity contribution is 5.93. The molecule has 2 N–H and O–H groups in total. The predicted octanol–water partition coefficient (Wildman–Crippen LogP) is 3.64. The van der Waals surface area contributed by atoms with Crippen molar-refractivity contribution in [3.8, 4) is 0 Å². The Morgan fingerprint density at radius 3 is 2.04 bits per heavy atom. The summed E-state index contributed by atoms with van der Waals surface area (Å²) in [4.78, 5) is 20.7. The lowest BCUT2D eigenvalue weighted by Gasteiger charge is -2.08. The van der Waals surface area contributed by atoms with Gasteiger partial charge in [0.1, 0.15) is 0 Å². The number of hydrogen-bond acceptors (Lipinski definition) is 4. The molecule has 0 aliphatic rings. The van der Waals surface area contributed by atoms with E-state index >= 15 is 0 Å². The van der Waals surface area contributed by atoms with Crippen LogP contribution in [0.5, 0.6) is 0 Å². The van der Waals surface area contributed by atoms with Crippen molar-refractivity contribution in [1.82, 2.24) is 15.3 Å². The van der Waals surface area contributed by atoms with Crippen LogP contribution in [0.2, 0.25) is 0 Å². The second kappa shape index (κ2) is 8.25. The van der Waals surface area contributed by atoms with Crippen LogP contribution in [-0.4, -0.2) is 15.9 Å². The fraction of sp³-hybridized carbons (Fsp3) is 0.190. The van der Waals surface area contributed by atoms with Crippen LogP contribution in [0, 0.1) is 13.8 Å². The van der Waals surface area contributed by atoms with E-state index in [9.17, 15) is 4.79 Å². The molecule has 2 aromatic carbocycles.